The summed E-state index contributed by atoms with van der Waals surface area (Å²) in [5, 5.41) is 5.28. The molecule has 0 radical (unpaired) electrons. The number of carbonyl (C=O) groups excluding carboxylic acids is 2. The number of aryl methyl sites for hydroxylation is 1. The Labute approximate surface area is 155 Å². The van der Waals surface area contributed by atoms with Crippen LogP contribution in [0.1, 0.15) is 12.0 Å². The van der Waals surface area contributed by atoms with Gasteiger partial charge in [-0.25, -0.2) is 13.4 Å². The molecule has 9 heteroatoms. The first kappa shape index (κ1) is 18.4. The average molecular weight is 391 g/mol. The minimum atomic E-state index is -3.61. The van der Waals surface area contributed by atoms with Gasteiger partial charge in [0.15, 0.2) is 9.84 Å². The molecule has 2 aromatic rings. The Balaban J connectivity index is 1.64. The molecule has 0 atom stereocenters. The highest BCUT2D eigenvalue weighted by molar-refractivity contribution is 8.00. The number of fused-ring (bicyclic) bond motifs is 1. The van der Waals surface area contributed by atoms with E-state index in [1.165, 1.54) is 23.9 Å². The third-order valence-corrected chi connectivity index (χ3v) is 6.49. The summed E-state index contributed by atoms with van der Waals surface area (Å²) in [6, 6.07) is 8.02. The maximum absolute atomic E-state index is 12.5. The van der Waals surface area contributed by atoms with Crippen molar-refractivity contribution in [3.05, 3.63) is 42.1 Å². The van der Waals surface area contributed by atoms with Crippen molar-refractivity contribution in [1.82, 2.24) is 4.98 Å². The van der Waals surface area contributed by atoms with Crippen LogP contribution in [0.2, 0.25) is 0 Å². The molecule has 2 N–H and O–H groups in total. The fourth-order valence-corrected chi connectivity index (χ4v) is 4.52. The fraction of sp³-hybridized carbons (Fsp3) is 0.235. The molecule has 0 saturated heterocycles. The van der Waals surface area contributed by atoms with E-state index in [1.54, 1.807) is 18.3 Å². The highest BCUT2D eigenvalue weighted by Gasteiger charge is 2.21. The van der Waals surface area contributed by atoms with Gasteiger partial charge in [-0.2, -0.15) is 0 Å². The molecule has 1 aromatic carbocycles. The van der Waals surface area contributed by atoms with Crippen LogP contribution in [0.15, 0.2) is 46.3 Å². The van der Waals surface area contributed by atoms with Crippen molar-refractivity contribution in [2.24, 2.45) is 0 Å². The number of thioether (sulfide) groups is 1. The lowest BCUT2D eigenvalue weighted by Crippen LogP contribution is -2.20. The van der Waals surface area contributed by atoms with Gasteiger partial charge < -0.3 is 10.6 Å². The van der Waals surface area contributed by atoms with Crippen LogP contribution in [0.3, 0.4) is 0 Å². The second kappa shape index (κ2) is 7.46. The number of hydrogen-bond acceptors (Lipinski definition) is 6. The Bertz CT molecular complexity index is 956. The number of nitrogens with zero attached hydrogens (tertiary/aromatic N) is 1. The molecule has 2 heterocycles. The zero-order valence-electron chi connectivity index (χ0n) is 14.0. The van der Waals surface area contributed by atoms with Gasteiger partial charge in [-0.15, -0.1) is 11.8 Å². The topological polar surface area (TPSA) is 105 Å². The number of rotatable bonds is 5. The van der Waals surface area contributed by atoms with Gasteiger partial charge in [0.25, 0.3) is 0 Å². The summed E-state index contributed by atoms with van der Waals surface area (Å²) in [6.07, 6.45) is 1.45. The van der Waals surface area contributed by atoms with E-state index in [0.717, 1.165) is 5.56 Å². The molecule has 0 bridgehead atoms. The van der Waals surface area contributed by atoms with Crippen LogP contribution in [-0.4, -0.2) is 36.7 Å². The number of nitrogens with one attached hydrogen (secondary N) is 2. The van der Waals surface area contributed by atoms with E-state index in [0.29, 0.717) is 16.4 Å². The Morgan fingerprint density at radius 1 is 1.31 bits per heavy atom. The third-order valence-electron chi connectivity index (χ3n) is 3.72. The summed E-state index contributed by atoms with van der Waals surface area (Å²) in [5.74, 6) is -0.189. The summed E-state index contributed by atoms with van der Waals surface area (Å²) >= 11 is 1.29. The molecule has 2 amide bonds. The monoisotopic (exact) mass is 391 g/mol. The average Bonchev–Trinajstić information content (AvgIpc) is 2.61. The van der Waals surface area contributed by atoms with Crippen LogP contribution in [-0.2, 0) is 19.4 Å². The fourth-order valence-electron chi connectivity index (χ4n) is 2.34. The van der Waals surface area contributed by atoms with E-state index in [4.69, 9.17) is 0 Å². The molecule has 0 unspecified atom stereocenters. The normalized spacial score (nSPS) is 13.7. The largest absolute Gasteiger partial charge is 0.324 e. The van der Waals surface area contributed by atoms with E-state index >= 15 is 0 Å². The lowest BCUT2D eigenvalue weighted by Gasteiger charge is -2.17. The molecule has 0 saturated carbocycles. The third kappa shape index (κ3) is 4.41. The van der Waals surface area contributed by atoms with Gasteiger partial charge in [0, 0.05) is 17.5 Å². The highest BCUT2D eigenvalue weighted by Crippen LogP contribution is 2.33. The van der Waals surface area contributed by atoms with Crippen LogP contribution in [0.5, 0.6) is 0 Å². The first-order chi connectivity index (χ1) is 12.3. The Kier molecular flexibility index (Phi) is 5.28. The van der Waals surface area contributed by atoms with Gasteiger partial charge in [-0.05, 0) is 36.8 Å². The molecule has 26 heavy (non-hydrogen) atoms. The SMILES string of the molecule is Cc1ccc(NC(=O)CCS(=O)(=O)c2ccc3c(c2)SCC(=O)N3)nc1. The zero-order valence-corrected chi connectivity index (χ0v) is 15.6. The van der Waals surface area contributed by atoms with Gasteiger partial charge in [0.1, 0.15) is 5.82 Å². The van der Waals surface area contributed by atoms with Gasteiger partial charge >= 0.3 is 0 Å². The molecule has 0 fully saturated rings. The number of benzene rings is 1. The molecule has 0 spiro atoms. The summed E-state index contributed by atoms with van der Waals surface area (Å²) in [4.78, 5) is 28.2. The van der Waals surface area contributed by atoms with Gasteiger partial charge in [-0.1, -0.05) is 6.07 Å². The highest BCUT2D eigenvalue weighted by atomic mass is 32.2. The molecule has 7 nitrogen and oxygen atoms in total. The van der Waals surface area contributed by atoms with Crippen LogP contribution >= 0.6 is 11.8 Å². The van der Waals surface area contributed by atoms with E-state index < -0.39 is 15.7 Å². The van der Waals surface area contributed by atoms with Crippen LogP contribution in [0.4, 0.5) is 11.5 Å². The summed E-state index contributed by atoms with van der Waals surface area (Å²) in [7, 11) is -3.61. The van der Waals surface area contributed by atoms with Crippen LogP contribution < -0.4 is 10.6 Å². The molecule has 3 rings (SSSR count). The molecular formula is C17H17N3O4S2. The number of anilines is 2. The predicted octanol–water partition coefficient (Wildman–Crippen LogP) is 2.24. The number of sulfone groups is 1. The van der Waals surface area contributed by atoms with Crippen molar-refractivity contribution in [2.75, 3.05) is 22.1 Å². The van der Waals surface area contributed by atoms with Crippen molar-refractivity contribution in [3.63, 3.8) is 0 Å². The van der Waals surface area contributed by atoms with E-state index in [-0.39, 0.29) is 28.7 Å². The molecule has 1 aliphatic heterocycles. The van der Waals surface area contributed by atoms with Crippen molar-refractivity contribution in [1.29, 1.82) is 0 Å². The van der Waals surface area contributed by atoms with Crippen LogP contribution in [0, 0.1) is 6.92 Å². The zero-order chi connectivity index (χ0) is 18.7. The van der Waals surface area contributed by atoms with Crippen molar-refractivity contribution < 1.29 is 18.0 Å². The second-order valence-corrected chi connectivity index (χ2v) is 8.96. The second-order valence-electron chi connectivity index (χ2n) is 5.83. The minimum absolute atomic E-state index is 0.112. The van der Waals surface area contributed by atoms with Crippen molar-refractivity contribution >= 4 is 44.9 Å². The number of amides is 2. The van der Waals surface area contributed by atoms with Gasteiger partial charge in [0.05, 0.1) is 22.1 Å². The smallest absolute Gasteiger partial charge is 0.234 e. The number of carbonyl (C=O) groups is 2. The first-order valence-electron chi connectivity index (χ1n) is 7.85. The Morgan fingerprint density at radius 3 is 2.85 bits per heavy atom. The standard InChI is InChI=1S/C17H17N3O4S2/c1-11-2-5-15(18-9-11)20-16(21)6-7-26(23,24)12-3-4-13-14(8-12)25-10-17(22)19-13/h2-5,8-9H,6-7,10H2,1H3,(H,19,22)(H,18,20,21). The van der Waals surface area contributed by atoms with Crippen LogP contribution in [0.25, 0.3) is 0 Å². The first-order valence-corrected chi connectivity index (χ1v) is 10.5. The van der Waals surface area contributed by atoms with E-state index in [9.17, 15) is 18.0 Å². The summed E-state index contributed by atoms with van der Waals surface area (Å²) in [5.41, 5.74) is 1.57. The maximum Gasteiger partial charge on any atom is 0.234 e. The van der Waals surface area contributed by atoms with Gasteiger partial charge in [-0.3, -0.25) is 9.59 Å². The number of pyridine rings is 1. The molecule has 1 aromatic heterocycles. The lowest BCUT2D eigenvalue weighted by molar-refractivity contribution is -0.116. The molecule has 0 aliphatic carbocycles. The van der Waals surface area contributed by atoms with E-state index in [2.05, 4.69) is 15.6 Å². The summed E-state index contributed by atoms with van der Waals surface area (Å²) < 4.78 is 25.0. The van der Waals surface area contributed by atoms with Crippen molar-refractivity contribution in [2.45, 2.75) is 23.1 Å². The molecule has 1 aliphatic rings. The maximum atomic E-state index is 12.5. The van der Waals surface area contributed by atoms with Crippen molar-refractivity contribution in [3.8, 4) is 0 Å². The number of hydrogen-bond donors (Lipinski definition) is 2. The number of aromatic nitrogens is 1. The minimum Gasteiger partial charge on any atom is -0.324 e. The molecule has 136 valence electrons. The summed E-state index contributed by atoms with van der Waals surface area (Å²) in [6.45, 7) is 1.88. The Morgan fingerprint density at radius 2 is 2.12 bits per heavy atom. The van der Waals surface area contributed by atoms with Gasteiger partial charge in [0.2, 0.25) is 11.8 Å². The molecular weight excluding hydrogens is 374 g/mol. The Hall–Kier alpha value is -2.39. The lowest BCUT2D eigenvalue weighted by atomic mass is 10.3. The van der Waals surface area contributed by atoms with E-state index in [1.807, 2.05) is 13.0 Å². The predicted molar refractivity (Wildman–Crippen MR) is 100 cm³/mol. The quantitative estimate of drug-likeness (QED) is 0.810.